The Bertz CT molecular complexity index is 414. The lowest BCUT2D eigenvalue weighted by atomic mass is 10.1. The van der Waals surface area contributed by atoms with Crippen LogP contribution < -0.4 is 10.6 Å². The second-order valence-corrected chi connectivity index (χ2v) is 4.89. The molecule has 0 saturated carbocycles. The second kappa shape index (κ2) is 5.52. The molecule has 1 aromatic rings. The monoisotopic (exact) mass is 252 g/mol. The summed E-state index contributed by atoms with van der Waals surface area (Å²) in [5, 5.41) is 7.01. The lowest BCUT2D eigenvalue weighted by Crippen LogP contribution is -2.45. The first-order chi connectivity index (χ1) is 8.16. The molecule has 1 aliphatic heterocycles. The van der Waals surface area contributed by atoms with Crippen molar-refractivity contribution in [1.29, 1.82) is 0 Å². The Kier molecular flexibility index (Phi) is 4.02. The third-order valence-corrected chi connectivity index (χ3v) is 3.48. The van der Waals surface area contributed by atoms with E-state index in [1.165, 1.54) is 0 Å². The molecule has 1 aromatic carbocycles. The molecule has 0 aliphatic carbocycles. The number of benzene rings is 1. The van der Waals surface area contributed by atoms with Gasteiger partial charge in [0.2, 0.25) is 0 Å². The van der Waals surface area contributed by atoms with Crippen LogP contribution in [0.15, 0.2) is 18.2 Å². The van der Waals surface area contributed by atoms with Crippen LogP contribution in [0, 0.1) is 6.92 Å². The SMILES string of the molecule is Cc1cc(C(=O)N[C@H]2CCCNC2)ccc1Cl. The minimum atomic E-state index is -0.0153. The van der Waals surface area contributed by atoms with Gasteiger partial charge in [0.1, 0.15) is 0 Å². The Morgan fingerprint density at radius 1 is 1.53 bits per heavy atom. The number of rotatable bonds is 2. The number of carbonyl (C=O) groups excluding carboxylic acids is 1. The third-order valence-electron chi connectivity index (χ3n) is 3.05. The highest BCUT2D eigenvalue weighted by Gasteiger charge is 2.16. The highest BCUT2D eigenvalue weighted by atomic mass is 35.5. The summed E-state index contributed by atoms with van der Waals surface area (Å²) in [6.45, 7) is 3.81. The van der Waals surface area contributed by atoms with Gasteiger partial charge in [-0.2, -0.15) is 0 Å². The lowest BCUT2D eigenvalue weighted by Gasteiger charge is -2.23. The van der Waals surface area contributed by atoms with Gasteiger partial charge in [-0.15, -0.1) is 0 Å². The fourth-order valence-electron chi connectivity index (χ4n) is 2.03. The summed E-state index contributed by atoms with van der Waals surface area (Å²) >= 11 is 5.94. The zero-order chi connectivity index (χ0) is 12.3. The fourth-order valence-corrected chi connectivity index (χ4v) is 2.15. The van der Waals surface area contributed by atoms with E-state index in [-0.39, 0.29) is 11.9 Å². The molecule has 1 atom stereocenters. The molecule has 1 heterocycles. The molecule has 92 valence electrons. The first-order valence-electron chi connectivity index (χ1n) is 5.94. The first-order valence-corrected chi connectivity index (χ1v) is 6.32. The van der Waals surface area contributed by atoms with Gasteiger partial charge in [0.15, 0.2) is 0 Å². The van der Waals surface area contributed by atoms with Gasteiger partial charge < -0.3 is 10.6 Å². The van der Waals surface area contributed by atoms with Gasteiger partial charge in [-0.1, -0.05) is 11.6 Å². The number of hydrogen-bond donors (Lipinski definition) is 2. The Labute approximate surface area is 107 Å². The zero-order valence-corrected chi connectivity index (χ0v) is 10.7. The average molecular weight is 253 g/mol. The molecular formula is C13H17ClN2O. The number of carbonyl (C=O) groups is 1. The number of amides is 1. The minimum Gasteiger partial charge on any atom is -0.348 e. The normalized spacial score (nSPS) is 20.0. The van der Waals surface area contributed by atoms with E-state index in [9.17, 15) is 4.79 Å². The number of nitrogens with one attached hydrogen (secondary N) is 2. The fraction of sp³-hybridized carbons (Fsp3) is 0.462. The number of piperidine rings is 1. The Morgan fingerprint density at radius 2 is 2.35 bits per heavy atom. The summed E-state index contributed by atoms with van der Waals surface area (Å²) in [4.78, 5) is 12.0. The van der Waals surface area contributed by atoms with Crippen LogP contribution >= 0.6 is 11.6 Å². The second-order valence-electron chi connectivity index (χ2n) is 4.48. The van der Waals surface area contributed by atoms with E-state index in [0.717, 1.165) is 31.5 Å². The molecule has 0 bridgehead atoms. The Balaban J connectivity index is 2.01. The molecule has 2 N–H and O–H groups in total. The largest absolute Gasteiger partial charge is 0.348 e. The summed E-state index contributed by atoms with van der Waals surface area (Å²) in [6.07, 6.45) is 2.16. The van der Waals surface area contributed by atoms with Crippen molar-refractivity contribution in [2.45, 2.75) is 25.8 Å². The maximum Gasteiger partial charge on any atom is 0.251 e. The van der Waals surface area contributed by atoms with Gasteiger partial charge in [0, 0.05) is 23.2 Å². The Hall–Kier alpha value is -1.06. The van der Waals surface area contributed by atoms with Gasteiger partial charge in [-0.3, -0.25) is 4.79 Å². The lowest BCUT2D eigenvalue weighted by molar-refractivity contribution is 0.0930. The predicted octanol–water partition coefficient (Wildman–Crippen LogP) is 2.13. The molecule has 17 heavy (non-hydrogen) atoms. The minimum absolute atomic E-state index is 0.0153. The van der Waals surface area contributed by atoms with E-state index in [1.54, 1.807) is 12.1 Å². The van der Waals surface area contributed by atoms with Crippen LogP contribution in [0.1, 0.15) is 28.8 Å². The molecule has 1 saturated heterocycles. The van der Waals surface area contributed by atoms with Gasteiger partial charge in [0.05, 0.1) is 0 Å². The smallest absolute Gasteiger partial charge is 0.251 e. The molecule has 1 fully saturated rings. The van der Waals surface area contributed by atoms with Crippen molar-refractivity contribution in [3.63, 3.8) is 0 Å². The molecule has 1 aliphatic rings. The highest BCUT2D eigenvalue weighted by molar-refractivity contribution is 6.31. The van der Waals surface area contributed by atoms with Gasteiger partial charge >= 0.3 is 0 Å². The van der Waals surface area contributed by atoms with E-state index < -0.39 is 0 Å². The number of halogens is 1. The van der Waals surface area contributed by atoms with Crippen molar-refractivity contribution in [2.24, 2.45) is 0 Å². The maximum absolute atomic E-state index is 12.0. The van der Waals surface area contributed by atoms with E-state index in [0.29, 0.717) is 10.6 Å². The van der Waals surface area contributed by atoms with Crippen LogP contribution in [0.4, 0.5) is 0 Å². The topological polar surface area (TPSA) is 41.1 Å². The molecule has 3 nitrogen and oxygen atoms in total. The summed E-state index contributed by atoms with van der Waals surface area (Å²) in [7, 11) is 0. The first kappa shape index (κ1) is 12.4. The summed E-state index contributed by atoms with van der Waals surface area (Å²) in [5.74, 6) is -0.0153. The summed E-state index contributed by atoms with van der Waals surface area (Å²) in [6, 6.07) is 5.60. The van der Waals surface area contributed by atoms with E-state index in [4.69, 9.17) is 11.6 Å². The molecule has 2 rings (SSSR count). The van der Waals surface area contributed by atoms with E-state index in [2.05, 4.69) is 10.6 Å². The quantitative estimate of drug-likeness (QED) is 0.847. The molecular weight excluding hydrogens is 236 g/mol. The van der Waals surface area contributed by atoms with E-state index in [1.807, 2.05) is 13.0 Å². The van der Waals surface area contributed by atoms with Crippen LogP contribution in [0.5, 0.6) is 0 Å². The molecule has 0 aromatic heterocycles. The average Bonchev–Trinajstić information content (AvgIpc) is 2.34. The summed E-state index contributed by atoms with van der Waals surface area (Å²) in [5.41, 5.74) is 1.61. The number of hydrogen-bond acceptors (Lipinski definition) is 2. The molecule has 1 amide bonds. The third kappa shape index (κ3) is 3.20. The van der Waals surface area contributed by atoms with E-state index >= 15 is 0 Å². The van der Waals surface area contributed by atoms with Crippen molar-refractivity contribution in [3.8, 4) is 0 Å². The Morgan fingerprint density at radius 3 is 3.00 bits per heavy atom. The molecule has 0 spiro atoms. The maximum atomic E-state index is 12.0. The number of aryl methyl sites for hydroxylation is 1. The molecule has 0 radical (unpaired) electrons. The highest BCUT2D eigenvalue weighted by Crippen LogP contribution is 2.16. The van der Waals surface area contributed by atoms with Crippen molar-refractivity contribution in [1.82, 2.24) is 10.6 Å². The van der Waals surface area contributed by atoms with Crippen molar-refractivity contribution >= 4 is 17.5 Å². The van der Waals surface area contributed by atoms with Gasteiger partial charge in [0.25, 0.3) is 5.91 Å². The van der Waals surface area contributed by atoms with Crippen LogP contribution in [0.2, 0.25) is 5.02 Å². The van der Waals surface area contributed by atoms with Crippen molar-refractivity contribution in [3.05, 3.63) is 34.3 Å². The van der Waals surface area contributed by atoms with Crippen LogP contribution in [-0.4, -0.2) is 25.0 Å². The van der Waals surface area contributed by atoms with Crippen molar-refractivity contribution in [2.75, 3.05) is 13.1 Å². The molecule has 0 unspecified atom stereocenters. The summed E-state index contributed by atoms with van der Waals surface area (Å²) < 4.78 is 0. The van der Waals surface area contributed by atoms with Gasteiger partial charge in [-0.25, -0.2) is 0 Å². The molecule has 4 heteroatoms. The van der Waals surface area contributed by atoms with Crippen molar-refractivity contribution < 1.29 is 4.79 Å². The standard InChI is InChI=1S/C13H17ClN2O/c1-9-7-10(4-5-12(9)14)13(17)16-11-3-2-6-15-8-11/h4-5,7,11,15H,2-3,6,8H2,1H3,(H,16,17)/t11-/m0/s1. The van der Waals surface area contributed by atoms with Crippen LogP contribution in [0.3, 0.4) is 0 Å². The predicted molar refractivity (Wildman–Crippen MR) is 69.5 cm³/mol. The van der Waals surface area contributed by atoms with Crippen LogP contribution in [0.25, 0.3) is 0 Å². The zero-order valence-electron chi connectivity index (χ0n) is 9.92. The van der Waals surface area contributed by atoms with Gasteiger partial charge in [-0.05, 0) is 50.1 Å². The van der Waals surface area contributed by atoms with Crippen LogP contribution in [-0.2, 0) is 0 Å².